The van der Waals surface area contributed by atoms with E-state index in [1.807, 2.05) is 19.1 Å². The van der Waals surface area contributed by atoms with Crippen molar-refractivity contribution in [2.75, 3.05) is 25.0 Å². The van der Waals surface area contributed by atoms with Crippen LogP contribution in [0.3, 0.4) is 0 Å². The van der Waals surface area contributed by atoms with Gasteiger partial charge in [0, 0.05) is 11.7 Å². The predicted octanol–water partition coefficient (Wildman–Crippen LogP) is 3.12. The van der Waals surface area contributed by atoms with Gasteiger partial charge in [-0.25, -0.2) is 0 Å². The van der Waals surface area contributed by atoms with Crippen LogP contribution < -0.4 is 11.1 Å². The van der Waals surface area contributed by atoms with Crippen molar-refractivity contribution in [1.82, 2.24) is 4.90 Å². The number of hydrogen-bond acceptors (Lipinski definition) is 3. The van der Waals surface area contributed by atoms with Gasteiger partial charge in [-0.05, 0) is 56.8 Å². The molecule has 1 aromatic rings. The minimum Gasteiger partial charge on any atom is -0.330 e. The molecule has 4 nitrogen and oxygen atoms in total. The number of anilines is 1. The van der Waals surface area contributed by atoms with Gasteiger partial charge in [-0.3, -0.25) is 9.69 Å². The first-order valence-electron chi connectivity index (χ1n) is 8.48. The molecule has 0 spiro atoms. The molecule has 5 heteroatoms. The normalized spacial score (nSPS) is 18.3. The summed E-state index contributed by atoms with van der Waals surface area (Å²) in [5, 5.41) is 3.13. The molecule has 23 heavy (non-hydrogen) atoms. The number of likely N-dealkylation sites (tertiary alicyclic amines) is 1. The summed E-state index contributed by atoms with van der Waals surface area (Å²) < 4.78 is 0. The van der Waals surface area contributed by atoms with Crippen LogP contribution in [0.25, 0.3) is 0 Å². The summed E-state index contributed by atoms with van der Waals surface area (Å²) in [6, 6.07) is 6.64. The van der Waals surface area contributed by atoms with E-state index in [1.54, 1.807) is 0 Å². The number of benzene rings is 1. The molecule has 1 atom stereocenters. The van der Waals surface area contributed by atoms with Gasteiger partial charge in [-0.2, -0.15) is 0 Å². The molecular formula is C18H30ClN3O. The first-order chi connectivity index (χ1) is 10.7. The van der Waals surface area contributed by atoms with E-state index in [1.165, 1.54) is 18.4 Å². The summed E-state index contributed by atoms with van der Waals surface area (Å²) in [6.07, 6.45) is 5.50. The number of amides is 1. The second kappa shape index (κ2) is 9.91. The molecule has 0 saturated carbocycles. The number of halogens is 1. The molecule has 0 aromatic heterocycles. The maximum absolute atomic E-state index is 12.5. The van der Waals surface area contributed by atoms with E-state index in [9.17, 15) is 4.79 Å². The van der Waals surface area contributed by atoms with Gasteiger partial charge in [0.05, 0.1) is 6.54 Å². The minimum atomic E-state index is 0. The fourth-order valence-electron chi connectivity index (χ4n) is 3.35. The molecule has 1 amide bonds. The van der Waals surface area contributed by atoms with Crippen LogP contribution in [0, 0.1) is 6.92 Å². The smallest absolute Gasteiger partial charge is 0.238 e. The number of carbonyl (C=O) groups excluding carboxylic acids is 1. The van der Waals surface area contributed by atoms with Gasteiger partial charge in [-0.15, -0.1) is 12.4 Å². The Balaban J connectivity index is 0.00000264. The molecule has 3 N–H and O–H groups in total. The average Bonchev–Trinajstić information content (AvgIpc) is 2.51. The Morgan fingerprint density at radius 2 is 2.17 bits per heavy atom. The summed E-state index contributed by atoms with van der Waals surface area (Å²) in [5.74, 6) is 0.0907. The lowest BCUT2D eigenvalue weighted by Crippen LogP contribution is -2.44. The molecule has 130 valence electrons. The van der Waals surface area contributed by atoms with Gasteiger partial charge in [0.1, 0.15) is 0 Å². The van der Waals surface area contributed by atoms with Crippen molar-refractivity contribution in [1.29, 1.82) is 0 Å². The molecular weight excluding hydrogens is 310 g/mol. The van der Waals surface area contributed by atoms with Gasteiger partial charge >= 0.3 is 0 Å². The second-order valence-corrected chi connectivity index (χ2v) is 6.21. The Labute approximate surface area is 146 Å². The lowest BCUT2D eigenvalue weighted by molar-refractivity contribution is -0.118. The van der Waals surface area contributed by atoms with Crippen molar-refractivity contribution in [3.8, 4) is 0 Å². The molecule has 0 radical (unpaired) electrons. The Bertz CT molecular complexity index is 505. The van der Waals surface area contributed by atoms with Gasteiger partial charge < -0.3 is 11.1 Å². The van der Waals surface area contributed by atoms with E-state index >= 15 is 0 Å². The lowest BCUT2D eigenvalue weighted by atomic mass is 9.99. The number of carbonyl (C=O) groups is 1. The zero-order valence-corrected chi connectivity index (χ0v) is 15.1. The number of nitrogens with one attached hydrogen (secondary N) is 1. The topological polar surface area (TPSA) is 58.4 Å². The van der Waals surface area contributed by atoms with E-state index in [-0.39, 0.29) is 18.3 Å². The van der Waals surface area contributed by atoms with Crippen LogP contribution in [0.15, 0.2) is 18.2 Å². The molecule has 1 saturated heterocycles. The number of nitrogens with two attached hydrogens (primary N) is 1. The third-order valence-corrected chi connectivity index (χ3v) is 4.60. The quantitative estimate of drug-likeness (QED) is 0.837. The number of hydrogen-bond donors (Lipinski definition) is 2. The van der Waals surface area contributed by atoms with Crippen LogP contribution in [0.2, 0.25) is 0 Å². The Kier molecular flexibility index (Phi) is 8.59. The predicted molar refractivity (Wildman–Crippen MR) is 99.3 cm³/mol. The van der Waals surface area contributed by atoms with Gasteiger partial charge in [0.2, 0.25) is 5.91 Å². The molecule has 0 bridgehead atoms. The van der Waals surface area contributed by atoms with Crippen LogP contribution in [-0.2, 0) is 11.2 Å². The van der Waals surface area contributed by atoms with E-state index in [0.29, 0.717) is 19.1 Å². The fraction of sp³-hybridized carbons (Fsp3) is 0.611. The molecule has 1 fully saturated rings. The van der Waals surface area contributed by atoms with Crippen molar-refractivity contribution in [3.05, 3.63) is 29.3 Å². The van der Waals surface area contributed by atoms with Crippen LogP contribution in [0.4, 0.5) is 5.69 Å². The highest BCUT2D eigenvalue weighted by molar-refractivity contribution is 5.93. The number of nitrogens with zero attached hydrogens (tertiary/aromatic N) is 1. The van der Waals surface area contributed by atoms with E-state index < -0.39 is 0 Å². The van der Waals surface area contributed by atoms with Gasteiger partial charge in [0.15, 0.2) is 0 Å². The molecule has 1 aromatic carbocycles. The van der Waals surface area contributed by atoms with Crippen molar-refractivity contribution in [2.24, 2.45) is 5.73 Å². The van der Waals surface area contributed by atoms with Crippen LogP contribution in [0.1, 0.15) is 43.7 Å². The molecule has 1 aliphatic heterocycles. The SMILES string of the molecule is CCc1cccc(C)c1NC(=O)CN1CCCCC1CCN.Cl. The fourth-order valence-corrected chi connectivity index (χ4v) is 3.35. The first-order valence-corrected chi connectivity index (χ1v) is 8.48. The summed E-state index contributed by atoms with van der Waals surface area (Å²) in [6.45, 7) is 6.34. The van der Waals surface area contributed by atoms with Crippen LogP contribution in [-0.4, -0.2) is 36.5 Å². The minimum absolute atomic E-state index is 0. The number of piperidine rings is 1. The highest BCUT2D eigenvalue weighted by atomic mass is 35.5. The first kappa shape index (κ1) is 19.9. The van der Waals surface area contributed by atoms with Crippen molar-refractivity contribution < 1.29 is 4.79 Å². The van der Waals surface area contributed by atoms with Crippen LogP contribution >= 0.6 is 12.4 Å². The van der Waals surface area contributed by atoms with Crippen molar-refractivity contribution >= 4 is 24.0 Å². The highest BCUT2D eigenvalue weighted by Crippen LogP contribution is 2.22. The average molecular weight is 340 g/mol. The Morgan fingerprint density at radius 1 is 1.39 bits per heavy atom. The standard InChI is InChI=1S/C18H29N3O.ClH/c1-3-15-8-6-7-14(2)18(15)20-17(22)13-21-12-5-4-9-16(21)10-11-19;/h6-8,16H,3-5,9-13,19H2,1-2H3,(H,20,22);1H. The molecule has 1 aliphatic rings. The maximum atomic E-state index is 12.5. The highest BCUT2D eigenvalue weighted by Gasteiger charge is 2.23. The van der Waals surface area contributed by atoms with E-state index in [4.69, 9.17) is 5.73 Å². The molecule has 1 unspecified atom stereocenters. The third-order valence-electron chi connectivity index (χ3n) is 4.60. The number of rotatable bonds is 6. The third kappa shape index (κ3) is 5.48. The summed E-state index contributed by atoms with van der Waals surface area (Å²) in [5.41, 5.74) is 9.02. The van der Waals surface area contributed by atoms with Crippen LogP contribution in [0.5, 0.6) is 0 Å². The largest absolute Gasteiger partial charge is 0.330 e. The van der Waals surface area contributed by atoms with Gasteiger partial charge in [0.25, 0.3) is 0 Å². The monoisotopic (exact) mass is 339 g/mol. The Morgan fingerprint density at radius 3 is 2.87 bits per heavy atom. The molecule has 0 aliphatic carbocycles. The summed E-state index contributed by atoms with van der Waals surface area (Å²) in [7, 11) is 0. The number of aryl methyl sites for hydroxylation is 2. The van der Waals surface area contributed by atoms with Crippen molar-refractivity contribution in [3.63, 3.8) is 0 Å². The zero-order valence-electron chi connectivity index (χ0n) is 14.3. The second-order valence-electron chi connectivity index (χ2n) is 6.21. The van der Waals surface area contributed by atoms with E-state index in [0.717, 1.165) is 37.1 Å². The molecule has 1 heterocycles. The summed E-state index contributed by atoms with van der Waals surface area (Å²) >= 11 is 0. The zero-order chi connectivity index (χ0) is 15.9. The number of para-hydroxylation sites is 1. The van der Waals surface area contributed by atoms with Gasteiger partial charge in [-0.1, -0.05) is 31.5 Å². The lowest BCUT2D eigenvalue weighted by Gasteiger charge is -2.35. The molecule has 2 rings (SSSR count). The summed E-state index contributed by atoms with van der Waals surface area (Å²) in [4.78, 5) is 14.8. The van der Waals surface area contributed by atoms with E-state index in [2.05, 4.69) is 23.2 Å². The Hall–Kier alpha value is -1.10. The maximum Gasteiger partial charge on any atom is 0.238 e. The van der Waals surface area contributed by atoms with Crippen molar-refractivity contribution in [2.45, 2.75) is 52.0 Å².